The van der Waals surface area contributed by atoms with Crippen LogP contribution in [0.1, 0.15) is 38.2 Å². The first-order valence-corrected chi connectivity index (χ1v) is 12.6. The van der Waals surface area contributed by atoms with Gasteiger partial charge in [-0.2, -0.15) is 9.41 Å². The second-order valence-electron chi connectivity index (χ2n) is 8.51. The third-order valence-corrected chi connectivity index (χ3v) is 7.90. The third-order valence-electron chi connectivity index (χ3n) is 5.99. The van der Waals surface area contributed by atoms with E-state index in [4.69, 9.17) is 0 Å². The molecule has 0 atom stereocenters. The Labute approximate surface area is 194 Å². The molecule has 0 bridgehead atoms. The lowest BCUT2D eigenvalue weighted by Crippen LogP contribution is -2.52. The summed E-state index contributed by atoms with van der Waals surface area (Å²) in [6, 6.07) is 16.0. The van der Waals surface area contributed by atoms with Crippen molar-refractivity contribution in [1.82, 2.24) is 9.21 Å². The van der Waals surface area contributed by atoms with E-state index in [0.29, 0.717) is 17.3 Å². The van der Waals surface area contributed by atoms with E-state index in [1.807, 2.05) is 30.3 Å². The second-order valence-corrected chi connectivity index (χ2v) is 10.4. The van der Waals surface area contributed by atoms with E-state index in [1.54, 1.807) is 29.2 Å². The minimum absolute atomic E-state index is 0.155. The summed E-state index contributed by atoms with van der Waals surface area (Å²) in [4.78, 5) is 27.2. The molecule has 0 aliphatic carbocycles. The lowest BCUT2D eigenvalue weighted by molar-refractivity contribution is -0.125. The SMILES string of the molecule is CC(C)c1ccc(S(=O)(=O)N2CCN(C(=O)C3=NN(c4ccccc4)C(=O)CC3)CC2)cc1. The van der Waals surface area contributed by atoms with Crippen LogP contribution in [0.15, 0.2) is 64.6 Å². The number of hydrogen-bond donors (Lipinski definition) is 0. The zero-order valence-electron chi connectivity index (χ0n) is 18.8. The standard InChI is InChI=1S/C24H28N4O4S/c1-18(2)19-8-10-21(11-9-19)33(31,32)27-16-14-26(15-17-27)24(30)22-12-13-23(29)28(25-22)20-6-4-3-5-7-20/h3-11,18H,12-17H2,1-2H3. The fraction of sp³-hybridized carbons (Fsp3) is 0.375. The Bertz CT molecular complexity index is 1150. The van der Waals surface area contributed by atoms with Crippen LogP contribution in [-0.2, 0) is 19.6 Å². The largest absolute Gasteiger partial charge is 0.335 e. The summed E-state index contributed by atoms with van der Waals surface area (Å²) < 4.78 is 27.5. The summed E-state index contributed by atoms with van der Waals surface area (Å²) in [6.45, 7) is 5.11. The number of amides is 2. The third kappa shape index (κ3) is 4.84. The first-order valence-electron chi connectivity index (χ1n) is 11.1. The molecule has 2 aromatic rings. The number of hydrazone groups is 1. The predicted molar refractivity (Wildman–Crippen MR) is 126 cm³/mol. The lowest BCUT2D eigenvalue weighted by Gasteiger charge is -2.35. The molecular formula is C24H28N4O4S. The van der Waals surface area contributed by atoms with E-state index in [2.05, 4.69) is 18.9 Å². The molecule has 0 spiro atoms. The number of carbonyl (C=O) groups is 2. The number of hydrogen-bond acceptors (Lipinski definition) is 5. The summed E-state index contributed by atoms with van der Waals surface area (Å²) in [5, 5.41) is 5.60. The van der Waals surface area contributed by atoms with Crippen LogP contribution in [0, 0.1) is 0 Å². The molecule has 1 fully saturated rings. The number of piperazine rings is 1. The molecule has 4 rings (SSSR count). The van der Waals surface area contributed by atoms with Gasteiger partial charge in [0.05, 0.1) is 10.6 Å². The van der Waals surface area contributed by atoms with Gasteiger partial charge in [0, 0.05) is 39.0 Å². The van der Waals surface area contributed by atoms with Crippen LogP contribution < -0.4 is 5.01 Å². The van der Waals surface area contributed by atoms with E-state index in [1.165, 1.54) is 9.31 Å². The maximum atomic E-state index is 13.1. The number of para-hydroxylation sites is 1. The molecule has 2 aliphatic rings. The topological polar surface area (TPSA) is 90.4 Å². The van der Waals surface area contributed by atoms with Crippen LogP contribution in [0.4, 0.5) is 5.69 Å². The van der Waals surface area contributed by atoms with Gasteiger partial charge in [-0.1, -0.05) is 44.2 Å². The highest BCUT2D eigenvalue weighted by Crippen LogP contribution is 2.23. The number of benzene rings is 2. The highest BCUT2D eigenvalue weighted by molar-refractivity contribution is 7.89. The average molecular weight is 469 g/mol. The van der Waals surface area contributed by atoms with Crippen molar-refractivity contribution < 1.29 is 18.0 Å². The molecule has 0 radical (unpaired) electrons. The molecule has 1 saturated heterocycles. The lowest BCUT2D eigenvalue weighted by atomic mass is 10.0. The van der Waals surface area contributed by atoms with Crippen molar-refractivity contribution >= 4 is 33.2 Å². The Balaban J connectivity index is 1.43. The normalized spacial score (nSPS) is 17.9. The molecule has 0 saturated carbocycles. The van der Waals surface area contributed by atoms with Crippen LogP contribution in [-0.4, -0.2) is 61.3 Å². The second kappa shape index (κ2) is 9.44. The van der Waals surface area contributed by atoms with Crippen molar-refractivity contribution in [3.05, 3.63) is 60.2 Å². The monoisotopic (exact) mass is 468 g/mol. The fourth-order valence-corrected chi connectivity index (χ4v) is 5.39. The Morgan fingerprint density at radius 3 is 2.15 bits per heavy atom. The zero-order valence-corrected chi connectivity index (χ0v) is 19.7. The molecule has 174 valence electrons. The van der Waals surface area contributed by atoms with Crippen molar-refractivity contribution in [2.24, 2.45) is 5.10 Å². The number of sulfonamides is 1. The summed E-state index contributed by atoms with van der Waals surface area (Å²) in [6.07, 6.45) is 0.488. The van der Waals surface area contributed by atoms with Gasteiger partial charge < -0.3 is 4.90 Å². The fourth-order valence-electron chi connectivity index (χ4n) is 3.97. The van der Waals surface area contributed by atoms with Crippen LogP contribution in [0.5, 0.6) is 0 Å². The van der Waals surface area contributed by atoms with E-state index < -0.39 is 10.0 Å². The van der Waals surface area contributed by atoms with Crippen LogP contribution in [0.2, 0.25) is 0 Å². The molecule has 0 aromatic heterocycles. The van der Waals surface area contributed by atoms with Gasteiger partial charge in [0.25, 0.3) is 5.91 Å². The summed E-state index contributed by atoms with van der Waals surface area (Å²) >= 11 is 0. The molecule has 0 unspecified atom stereocenters. The van der Waals surface area contributed by atoms with E-state index >= 15 is 0 Å². The first kappa shape index (κ1) is 23.1. The van der Waals surface area contributed by atoms with Gasteiger partial charge in [0.15, 0.2) is 0 Å². The highest BCUT2D eigenvalue weighted by atomic mass is 32.2. The predicted octanol–water partition coefficient (Wildman–Crippen LogP) is 2.83. The number of carbonyl (C=O) groups excluding carboxylic acids is 2. The minimum Gasteiger partial charge on any atom is -0.335 e. The van der Waals surface area contributed by atoms with Crippen molar-refractivity contribution in [3.8, 4) is 0 Å². The van der Waals surface area contributed by atoms with Crippen LogP contribution in [0.3, 0.4) is 0 Å². The van der Waals surface area contributed by atoms with Crippen LogP contribution >= 0.6 is 0 Å². The zero-order chi connectivity index (χ0) is 23.6. The van der Waals surface area contributed by atoms with Gasteiger partial charge in [0.1, 0.15) is 5.71 Å². The van der Waals surface area contributed by atoms with Gasteiger partial charge in [0.2, 0.25) is 15.9 Å². The average Bonchev–Trinajstić information content (AvgIpc) is 2.84. The molecule has 2 amide bonds. The van der Waals surface area contributed by atoms with E-state index in [-0.39, 0.29) is 55.7 Å². The van der Waals surface area contributed by atoms with Gasteiger partial charge in [-0.05, 0) is 35.7 Å². The molecule has 2 heterocycles. The highest BCUT2D eigenvalue weighted by Gasteiger charge is 2.33. The van der Waals surface area contributed by atoms with Crippen molar-refractivity contribution in [2.75, 3.05) is 31.2 Å². The first-order chi connectivity index (χ1) is 15.8. The Morgan fingerprint density at radius 1 is 0.909 bits per heavy atom. The summed E-state index contributed by atoms with van der Waals surface area (Å²) in [5.74, 6) is -0.0777. The van der Waals surface area contributed by atoms with Gasteiger partial charge in [-0.3, -0.25) is 9.59 Å². The maximum Gasteiger partial charge on any atom is 0.270 e. The molecule has 9 heteroatoms. The van der Waals surface area contributed by atoms with Gasteiger partial charge >= 0.3 is 0 Å². The Hall–Kier alpha value is -3.04. The van der Waals surface area contributed by atoms with E-state index in [0.717, 1.165) is 5.56 Å². The van der Waals surface area contributed by atoms with Crippen LogP contribution in [0.25, 0.3) is 0 Å². The van der Waals surface area contributed by atoms with Crippen molar-refractivity contribution in [3.63, 3.8) is 0 Å². The smallest absolute Gasteiger partial charge is 0.270 e. The van der Waals surface area contributed by atoms with Crippen molar-refractivity contribution in [1.29, 1.82) is 0 Å². The molecular weight excluding hydrogens is 440 g/mol. The maximum absolute atomic E-state index is 13.1. The number of anilines is 1. The van der Waals surface area contributed by atoms with Gasteiger partial charge in [-0.15, -0.1) is 0 Å². The Morgan fingerprint density at radius 2 is 1.55 bits per heavy atom. The summed E-state index contributed by atoms with van der Waals surface area (Å²) in [5.41, 5.74) is 2.02. The number of nitrogens with zero attached hydrogens (tertiary/aromatic N) is 4. The Kier molecular flexibility index (Phi) is 6.62. The molecule has 8 nitrogen and oxygen atoms in total. The molecule has 0 N–H and O–H groups in total. The molecule has 2 aromatic carbocycles. The quantitative estimate of drug-likeness (QED) is 0.675. The van der Waals surface area contributed by atoms with Gasteiger partial charge in [-0.25, -0.2) is 13.4 Å². The summed E-state index contributed by atoms with van der Waals surface area (Å²) in [7, 11) is -3.62. The molecule has 2 aliphatic heterocycles. The minimum atomic E-state index is -3.62. The van der Waals surface area contributed by atoms with E-state index in [9.17, 15) is 18.0 Å². The molecule has 33 heavy (non-hydrogen) atoms. The van der Waals surface area contributed by atoms with Crippen molar-refractivity contribution in [2.45, 2.75) is 37.5 Å². The number of rotatable bonds is 5.